The van der Waals surface area contributed by atoms with Crippen molar-refractivity contribution in [3.63, 3.8) is 0 Å². The van der Waals surface area contributed by atoms with Gasteiger partial charge in [0.1, 0.15) is 0 Å². The summed E-state index contributed by atoms with van der Waals surface area (Å²) in [6, 6.07) is 0. The topological polar surface area (TPSA) is 0 Å². The van der Waals surface area contributed by atoms with Crippen LogP contribution in [0.2, 0.25) is 0 Å². The maximum atomic E-state index is 9.90. The second-order valence-corrected chi connectivity index (χ2v) is 5.50. The van der Waals surface area contributed by atoms with Crippen molar-refractivity contribution in [1.82, 2.24) is 0 Å². The van der Waals surface area contributed by atoms with Gasteiger partial charge < -0.3 is 0 Å². The van der Waals surface area contributed by atoms with Crippen LogP contribution in [0.15, 0.2) is 0 Å². The van der Waals surface area contributed by atoms with Gasteiger partial charge in [0.15, 0.2) is 0 Å². The monoisotopic (exact) mass is 211 g/mol. The summed E-state index contributed by atoms with van der Waals surface area (Å²) in [7, 11) is 0. The van der Waals surface area contributed by atoms with E-state index in [0.717, 1.165) is 0 Å². The van der Waals surface area contributed by atoms with Crippen molar-refractivity contribution in [2.75, 3.05) is 0 Å². The van der Waals surface area contributed by atoms with Gasteiger partial charge in [0.2, 0.25) is 0 Å². The Morgan fingerprint density at radius 2 is 0.444 bits per heavy atom. The molecule has 0 radical (unpaired) electrons. The number of hydrogen-bond donors (Lipinski definition) is 0. The van der Waals surface area contributed by atoms with Crippen LogP contribution < -0.4 is 0 Å². The fourth-order valence-corrected chi connectivity index (χ4v) is 0. The van der Waals surface area contributed by atoms with Crippen LogP contribution >= 0.6 is 0 Å². The third kappa shape index (κ3) is 98100. The van der Waals surface area contributed by atoms with E-state index in [1.165, 1.54) is 0 Å². The van der Waals surface area contributed by atoms with Gasteiger partial charge in [0, 0.05) is 0 Å². The average Bonchev–Trinajstić information content (AvgIpc) is 0.503. The predicted octanol–water partition coefficient (Wildman–Crippen LogP) is 3.36. The molecule has 0 rings (SSSR count). The van der Waals surface area contributed by atoms with Gasteiger partial charge in [-0.25, -0.2) is 0 Å². The summed E-state index contributed by atoms with van der Waals surface area (Å²) in [5.41, 5.74) is 0. The van der Waals surface area contributed by atoms with Crippen molar-refractivity contribution in [2.45, 2.75) is 0 Å². The Labute approximate surface area is 41.8 Å². The molecule has 65 valence electrons. The Morgan fingerprint density at radius 3 is 0.444 bits per heavy atom. The molecule has 0 spiro atoms. The molecule has 0 fully saturated rings. The Hall–Kier alpha value is -0.0535. The van der Waals surface area contributed by atoms with E-state index in [1.54, 1.807) is 0 Å². The van der Waals surface area contributed by atoms with Crippen LogP contribution in [-0.4, -0.2) is 0 Å². The summed E-state index contributed by atoms with van der Waals surface area (Å²) < 4.78 is 79.2. The van der Waals surface area contributed by atoms with E-state index < -0.39 is 12.0 Å². The molecule has 9 heavy (non-hydrogen) atoms. The molecule has 0 aliphatic rings. The molecule has 0 aliphatic carbocycles. The summed E-state index contributed by atoms with van der Waals surface area (Å²) >= 11 is -14.8. The summed E-state index contributed by atoms with van der Waals surface area (Å²) in [5.74, 6) is 0. The van der Waals surface area contributed by atoms with Crippen molar-refractivity contribution in [3.8, 4) is 0 Å². The molecule has 0 aromatic rings. The van der Waals surface area contributed by atoms with E-state index in [-0.39, 0.29) is 0 Å². The zero-order chi connectivity index (χ0) is 8.35. The molecule has 0 aliphatic heterocycles. The molecule has 0 heterocycles. The Balaban J connectivity index is 5.84. The van der Waals surface area contributed by atoms with Gasteiger partial charge in [0.25, 0.3) is 0 Å². The molecule has 0 aromatic carbocycles. The SMILES string of the molecule is [F][Co]([F])([F])([F])([F])([F])([F])[F]. The zero-order valence-corrected chi connectivity index (χ0v) is 4.40. The van der Waals surface area contributed by atoms with E-state index in [0.29, 0.717) is 0 Å². The van der Waals surface area contributed by atoms with E-state index in [4.69, 9.17) is 0 Å². The first-order chi connectivity index (χ1) is 2.83. The fourth-order valence-electron chi connectivity index (χ4n) is 0. The maximum absolute atomic E-state index is 14.8. The third-order valence-electron chi connectivity index (χ3n) is 0. The molecular weight excluding hydrogens is 211 g/mol. The first-order valence-corrected chi connectivity index (χ1v) is 4.16. The van der Waals surface area contributed by atoms with Crippen LogP contribution in [0.5, 0.6) is 0 Å². The van der Waals surface area contributed by atoms with Gasteiger partial charge in [-0.05, 0) is 0 Å². The van der Waals surface area contributed by atoms with Crippen LogP contribution in [0.1, 0.15) is 0 Å². The van der Waals surface area contributed by atoms with Crippen molar-refractivity contribution >= 4 is 0 Å². The minimum absolute atomic E-state index is 9.90. The average molecular weight is 211 g/mol. The molecule has 0 bridgehead atoms. The Morgan fingerprint density at radius 1 is 0.444 bits per heavy atom. The second kappa shape index (κ2) is 0.491. The number of rotatable bonds is 0. The van der Waals surface area contributed by atoms with Crippen LogP contribution in [0.3, 0.4) is 0 Å². The zero-order valence-electron chi connectivity index (χ0n) is 3.36. The van der Waals surface area contributed by atoms with E-state index in [2.05, 4.69) is 0 Å². The van der Waals surface area contributed by atoms with Gasteiger partial charge >= 0.3 is 40.7 Å². The summed E-state index contributed by atoms with van der Waals surface area (Å²) in [5, 5.41) is 0. The molecular formula is CoF8. The third-order valence-corrected chi connectivity index (χ3v) is 0. The second-order valence-electron chi connectivity index (χ2n) is 1.33. The van der Waals surface area contributed by atoms with Gasteiger partial charge in [-0.1, -0.05) is 0 Å². The molecule has 0 N–H and O–H groups in total. The molecule has 0 aromatic heterocycles. The Bertz CT molecular complexity index is 139. The van der Waals surface area contributed by atoms with E-state index >= 15 is 0 Å². The van der Waals surface area contributed by atoms with Crippen LogP contribution in [0.4, 0.5) is 28.6 Å². The van der Waals surface area contributed by atoms with Gasteiger partial charge in [-0.2, -0.15) is 0 Å². The van der Waals surface area contributed by atoms with Crippen molar-refractivity contribution in [1.29, 1.82) is 0 Å². The van der Waals surface area contributed by atoms with E-state index in [9.17, 15) is 28.6 Å². The van der Waals surface area contributed by atoms with E-state index in [1.807, 2.05) is 0 Å². The first-order valence-electron chi connectivity index (χ1n) is 1.01. The normalized spacial score (nSPS) is 31.1. The molecule has 0 saturated heterocycles. The summed E-state index contributed by atoms with van der Waals surface area (Å²) in [4.78, 5) is 0. The quantitative estimate of drug-likeness (QED) is 0.538. The Kier molecular flexibility index (Phi) is 0.488. The molecule has 0 saturated carbocycles. The summed E-state index contributed by atoms with van der Waals surface area (Å²) in [6.45, 7) is 0. The van der Waals surface area contributed by atoms with Gasteiger partial charge in [0.05, 0.1) is 0 Å². The van der Waals surface area contributed by atoms with Crippen LogP contribution in [-0.2, 0) is 12.0 Å². The standard InChI is InChI=1S/Co.8FH/h;8*1H/q+8;;;;;;;;/p-8. The van der Waals surface area contributed by atoms with Gasteiger partial charge in [-0.15, -0.1) is 0 Å². The van der Waals surface area contributed by atoms with Crippen molar-refractivity contribution < 1.29 is 40.7 Å². The number of hydrogen-bond acceptors (Lipinski definition) is 0. The molecule has 0 unspecified atom stereocenters. The van der Waals surface area contributed by atoms with Crippen molar-refractivity contribution in [3.05, 3.63) is 0 Å². The van der Waals surface area contributed by atoms with Crippen LogP contribution in [0.25, 0.3) is 0 Å². The van der Waals surface area contributed by atoms with Crippen LogP contribution in [0, 0.1) is 0 Å². The fraction of sp³-hybridized carbons (Fsp3) is 0. The van der Waals surface area contributed by atoms with Crippen molar-refractivity contribution in [2.24, 2.45) is 0 Å². The molecule has 0 atom stereocenters. The summed E-state index contributed by atoms with van der Waals surface area (Å²) in [6.07, 6.45) is 0. The first kappa shape index (κ1) is 8.95. The predicted molar refractivity (Wildman–Crippen MR) is 8.86 cm³/mol. The molecule has 0 nitrogen and oxygen atoms in total. The van der Waals surface area contributed by atoms with Gasteiger partial charge in [-0.3, -0.25) is 0 Å². The molecule has 9 heteroatoms. The molecule has 0 amide bonds. The minimum atomic E-state index is -14.8. The number of halogens is 8.